The molecule has 1 fully saturated rings. The standard InChI is InChI=1S/C33H40O6/c1-18(2)9-10-21-17-32(15-13-19(3)4)28(37)24-25(35)22-11-12-23(34)26(36)27(22)39-29(24)33(30(32)38,31(21,7)8)16-14-20(5)6/h9,11-14,21,34,36H,10,15-17H2,1-8H3/t21-,32-,33+/m0/s1. The van der Waals surface area contributed by atoms with Crippen LogP contribution in [0.5, 0.6) is 11.5 Å². The lowest BCUT2D eigenvalue weighted by Crippen LogP contribution is -2.68. The fraction of sp³-hybridized carbons (Fsp3) is 0.485. The monoisotopic (exact) mass is 532 g/mol. The van der Waals surface area contributed by atoms with Gasteiger partial charge in [0.25, 0.3) is 0 Å². The fourth-order valence-electron chi connectivity index (χ4n) is 6.60. The van der Waals surface area contributed by atoms with E-state index in [0.29, 0.717) is 12.8 Å². The number of phenols is 2. The summed E-state index contributed by atoms with van der Waals surface area (Å²) in [5, 5.41) is 20.9. The number of carbonyl (C=O) groups excluding carboxylic acids is 2. The Morgan fingerprint density at radius 1 is 0.923 bits per heavy atom. The molecule has 1 saturated carbocycles. The molecule has 3 atom stereocenters. The molecule has 6 heteroatoms. The number of allylic oxidation sites excluding steroid dienone is 6. The smallest absolute Gasteiger partial charge is 0.204 e. The second-order valence-electron chi connectivity index (χ2n) is 12.7. The summed E-state index contributed by atoms with van der Waals surface area (Å²) in [7, 11) is 0. The Kier molecular flexibility index (Phi) is 7.08. The molecule has 0 radical (unpaired) electrons. The largest absolute Gasteiger partial charge is 0.504 e. The van der Waals surface area contributed by atoms with Crippen LogP contribution in [-0.4, -0.2) is 21.8 Å². The molecular formula is C33H40O6. The van der Waals surface area contributed by atoms with Gasteiger partial charge in [-0.3, -0.25) is 14.4 Å². The van der Waals surface area contributed by atoms with Gasteiger partial charge in [-0.25, -0.2) is 0 Å². The third kappa shape index (κ3) is 4.11. The molecule has 0 unspecified atom stereocenters. The Labute approximate surface area is 230 Å². The van der Waals surface area contributed by atoms with E-state index >= 15 is 0 Å². The van der Waals surface area contributed by atoms with Crippen LogP contribution in [0.3, 0.4) is 0 Å². The first kappa shape index (κ1) is 28.6. The second-order valence-corrected chi connectivity index (χ2v) is 12.7. The molecule has 2 aliphatic carbocycles. The van der Waals surface area contributed by atoms with Crippen molar-refractivity contribution in [3.05, 3.63) is 68.6 Å². The van der Waals surface area contributed by atoms with Crippen LogP contribution in [0.4, 0.5) is 0 Å². The molecule has 0 amide bonds. The van der Waals surface area contributed by atoms with Crippen molar-refractivity contribution in [3.63, 3.8) is 0 Å². The second kappa shape index (κ2) is 9.65. The number of carbonyl (C=O) groups is 2. The summed E-state index contributed by atoms with van der Waals surface area (Å²) in [6.07, 6.45) is 7.50. The molecule has 1 aromatic carbocycles. The first-order valence-electron chi connectivity index (χ1n) is 13.6. The molecule has 2 aliphatic rings. The number of fused-ring (bicyclic) bond motifs is 5. The van der Waals surface area contributed by atoms with Crippen LogP contribution in [0.15, 0.2) is 56.3 Å². The van der Waals surface area contributed by atoms with Crippen LogP contribution in [0.25, 0.3) is 11.0 Å². The van der Waals surface area contributed by atoms with Gasteiger partial charge in [-0.15, -0.1) is 0 Å². The van der Waals surface area contributed by atoms with E-state index < -0.39 is 39.0 Å². The van der Waals surface area contributed by atoms with Gasteiger partial charge in [-0.1, -0.05) is 48.8 Å². The van der Waals surface area contributed by atoms with E-state index in [0.717, 1.165) is 16.7 Å². The lowest BCUT2D eigenvalue weighted by atomic mass is 9.40. The van der Waals surface area contributed by atoms with Gasteiger partial charge in [-0.05, 0) is 90.7 Å². The van der Waals surface area contributed by atoms with Crippen molar-refractivity contribution in [1.82, 2.24) is 0 Å². The highest BCUT2D eigenvalue weighted by Gasteiger charge is 2.72. The fourth-order valence-corrected chi connectivity index (χ4v) is 6.60. The maximum Gasteiger partial charge on any atom is 0.204 e. The minimum absolute atomic E-state index is 0.00144. The number of hydrogen-bond donors (Lipinski definition) is 2. The first-order valence-corrected chi connectivity index (χ1v) is 13.6. The molecule has 2 N–H and O–H groups in total. The third-order valence-corrected chi connectivity index (χ3v) is 9.09. The van der Waals surface area contributed by atoms with Crippen molar-refractivity contribution in [2.45, 2.75) is 86.5 Å². The minimum Gasteiger partial charge on any atom is -0.504 e. The molecule has 0 saturated heterocycles. The molecule has 2 aromatic rings. The molecule has 2 bridgehead atoms. The zero-order valence-corrected chi connectivity index (χ0v) is 24.3. The average Bonchev–Trinajstić information content (AvgIpc) is 2.84. The topological polar surface area (TPSA) is 105 Å². The number of rotatable bonds is 6. The third-order valence-electron chi connectivity index (χ3n) is 9.09. The highest BCUT2D eigenvalue weighted by atomic mass is 16.4. The predicted octanol–water partition coefficient (Wildman–Crippen LogP) is 7.31. The van der Waals surface area contributed by atoms with Gasteiger partial charge in [0, 0.05) is 0 Å². The van der Waals surface area contributed by atoms with Crippen molar-refractivity contribution in [1.29, 1.82) is 0 Å². The molecule has 6 nitrogen and oxygen atoms in total. The molecular weight excluding hydrogens is 492 g/mol. The number of benzene rings is 1. The van der Waals surface area contributed by atoms with Crippen LogP contribution in [0, 0.1) is 16.7 Å². The first-order chi connectivity index (χ1) is 18.1. The lowest BCUT2D eigenvalue weighted by molar-refractivity contribution is -0.151. The van der Waals surface area contributed by atoms with Gasteiger partial charge < -0.3 is 14.6 Å². The van der Waals surface area contributed by atoms with Crippen molar-refractivity contribution < 1.29 is 24.2 Å². The number of aromatic hydroxyl groups is 2. The Hall–Kier alpha value is -3.41. The summed E-state index contributed by atoms with van der Waals surface area (Å²) in [5.74, 6) is -1.83. The summed E-state index contributed by atoms with van der Waals surface area (Å²) >= 11 is 0. The Morgan fingerprint density at radius 2 is 1.51 bits per heavy atom. The van der Waals surface area contributed by atoms with Crippen LogP contribution >= 0.6 is 0 Å². The van der Waals surface area contributed by atoms with Gasteiger partial charge in [0.05, 0.1) is 16.2 Å². The molecule has 39 heavy (non-hydrogen) atoms. The van der Waals surface area contributed by atoms with Crippen LogP contribution in [0.2, 0.25) is 0 Å². The summed E-state index contributed by atoms with van der Waals surface area (Å²) < 4.78 is 6.31. The minimum atomic E-state index is -1.41. The van der Waals surface area contributed by atoms with Crippen molar-refractivity contribution >= 4 is 22.5 Å². The van der Waals surface area contributed by atoms with E-state index in [9.17, 15) is 24.6 Å². The van der Waals surface area contributed by atoms with E-state index in [2.05, 4.69) is 6.08 Å². The predicted molar refractivity (Wildman–Crippen MR) is 153 cm³/mol. The molecule has 0 aliphatic heterocycles. The number of phenolic OH excluding ortho intramolecular Hbond substituents is 2. The Morgan fingerprint density at radius 3 is 2.10 bits per heavy atom. The van der Waals surface area contributed by atoms with Crippen molar-refractivity contribution in [2.24, 2.45) is 16.7 Å². The van der Waals surface area contributed by atoms with Crippen LogP contribution < -0.4 is 5.43 Å². The van der Waals surface area contributed by atoms with Gasteiger partial charge in [0.2, 0.25) is 11.2 Å². The summed E-state index contributed by atoms with van der Waals surface area (Å²) in [5.41, 5.74) is -1.24. The summed E-state index contributed by atoms with van der Waals surface area (Å²) in [4.78, 5) is 43.5. The summed E-state index contributed by atoms with van der Waals surface area (Å²) in [6.45, 7) is 15.9. The van der Waals surface area contributed by atoms with E-state index in [1.54, 1.807) is 0 Å². The lowest BCUT2D eigenvalue weighted by Gasteiger charge is -2.60. The maximum absolute atomic E-state index is 15.0. The van der Waals surface area contributed by atoms with Crippen LogP contribution in [-0.2, 0) is 10.2 Å². The Bertz CT molecular complexity index is 1520. The van der Waals surface area contributed by atoms with E-state index in [-0.39, 0.29) is 46.8 Å². The molecule has 1 heterocycles. The van der Waals surface area contributed by atoms with Crippen LogP contribution in [0.1, 0.15) is 97.2 Å². The zero-order valence-electron chi connectivity index (χ0n) is 24.3. The number of hydrogen-bond acceptors (Lipinski definition) is 6. The molecule has 0 spiro atoms. The normalized spacial score (nSPS) is 25.2. The van der Waals surface area contributed by atoms with Gasteiger partial charge in [0.15, 0.2) is 22.9 Å². The molecule has 4 rings (SSSR count). The molecule has 208 valence electrons. The quantitative estimate of drug-likeness (QED) is 0.230. The highest BCUT2D eigenvalue weighted by molar-refractivity contribution is 6.23. The van der Waals surface area contributed by atoms with Gasteiger partial charge in [0.1, 0.15) is 11.3 Å². The average molecular weight is 533 g/mol. The molecule has 1 aromatic heterocycles. The van der Waals surface area contributed by atoms with E-state index in [4.69, 9.17) is 4.42 Å². The van der Waals surface area contributed by atoms with Gasteiger partial charge >= 0.3 is 0 Å². The van der Waals surface area contributed by atoms with Crippen molar-refractivity contribution in [3.8, 4) is 11.5 Å². The summed E-state index contributed by atoms with van der Waals surface area (Å²) in [6, 6.07) is 2.56. The number of ketones is 2. The zero-order chi connectivity index (χ0) is 29.1. The highest BCUT2D eigenvalue weighted by Crippen LogP contribution is 2.65. The van der Waals surface area contributed by atoms with E-state index in [1.165, 1.54) is 12.1 Å². The SMILES string of the molecule is CC(C)=CC[C@H]1C[C@@]2(CC=C(C)C)C(=O)c3c(oc4c(O)c(O)ccc4c3=O)[C@](CC=C(C)C)(C2=O)C1(C)C. The van der Waals surface area contributed by atoms with E-state index in [1.807, 2.05) is 67.5 Å². The Balaban J connectivity index is 2.22. The maximum atomic E-state index is 15.0. The number of Topliss-reactive ketones (excluding diaryl/α,β-unsaturated/α-hetero) is 2. The van der Waals surface area contributed by atoms with Gasteiger partial charge in [-0.2, -0.15) is 0 Å². The van der Waals surface area contributed by atoms with Crippen molar-refractivity contribution in [2.75, 3.05) is 0 Å².